The fourth-order valence-corrected chi connectivity index (χ4v) is 4.18. The maximum Gasteiger partial charge on any atom is 0.337 e. The van der Waals surface area contributed by atoms with Crippen molar-refractivity contribution in [2.75, 3.05) is 29.2 Å². The molecule has 10 heteroatoms. The number of carbonyl (C=O) groups excluding carboxylic acids is 1. The van der Waals surface area contributed by atoms with Crippen LogP contribution in [0.2, 0.25) is 0 Å². The van der Waals surface area contributed by atoms with E-state index in [9.17, 15) is 13.2 Å². The number of nitrogens with one attached hydrogen (secondary N) is 2. The van der Waals surface area contributed by atoms with Gasteiger partial charge < -0.3 is 15.4 Å². The number of aromatic nitrogens is 3. The van der Waals surface area contributed by atoms with Crippen LogP contribution in [0.4, 0.5) is 17.5 Å². The molecule has 0 spiro atoms. The summed E-state index contributed by atoms with van der Waals surface area (Å²) in [6, 6.07) is 6.54. The number of anilines is 3. The molecule has 1 unspecified atom stereocenters. The molecule has 0 bridgehead atoms. The molecule has 2 heterocycles. The predicted molar refractivity (Wildman–Crippen MR) is 91.6 cm³/mol. The summed E-state index contributed by atoms with van der Waals surface area (Å²) in [7, 11) is -1.67. The lowest BCUT2D eigenvalue weighted by Crippen LogP contribution is -2.22. The van der Waals surface area contributed by atoms with E-state index in [1.54, 1.807) is 24.3 Å². The van der Waals surface area contributed by atoms with Gasteiger partial charge in [0.2, 0.25) is 5.95 Å². The van der Waals surface area contributed by atoms with Gasteiger partial charge in [0.05, 0.1) is 30.4 Å². The first-order valence-corrected chi connectivity index (χ1v) is 9.39. The number of rotatable bonds is 5. The van der Waals surface area contributed by atoms with Crippen molar-refractivity contribution < 1.29 is 17.9 Å². The highest BCUT2D eigenvalue weighted by atomic mass is 32.2. The van der Waals surface area contributed by atoms with Crippen LogP contribution in [0.5, 0.6) is 0 Å². The monoisotopic (exact) mass is 363 g/mol. The number of benzene rings is 1. The van der Waals surface area contributed by atoms with Crippen molar-refractivity contribution in [1.82, 2.24) is 15.2 Å². The molecule has 0 saturated carbocycles. The van der Waals surface area contributed by atoms with Gasteiger partial charge in [0.1, 0.15) is 0 Å². The van der Waals surface area contributed by atoms with Crippen molar-refractivity contribution >= 4 is 33.3 Å². The lowest BCUT2D eigenvalue weighted by atomic mass is 10.2. The number of hydrogen-bond donors (Lipinski definition) is 2. The molecule has 1 aromatic heterocycles. The minimum absolute atomic E-state index is 0.0647. The van der Waals surface area contributed by atoms with E-state index in [0.29, 0.717) is 23.5 Å². The molecule has 0 amide bonds. The second-order valence-corrected chi connectivity index (χ2v) is 7.84. The largest absolute Gasteiger partial charge is 0.465 e. The van der Waals surface area contributed by atoms with E-state index in [2.05, 4.69) is 30.6 Å². The molecule has 0 aliphatic carbocycles. The van der Waals surface area contributed by atoms with Crippen LogP contribution in [0.3, 0.4) is 0 Å². The number of esters is 1. The van der Waals surface area contributed by atoms with Crippen LogP contribution >= 0.6 is 0 Å². The molecular formula is C15H17N5O4S. The van der Waals surface area contributed by atoms with Crippen molar-refractivity contribution in [2.45, 2.75) is 12.5 Å². The second kappa shape index (κ2) is 7.01. The maximum absolute atomic E-state index is 11.6. The summed E-state index contributed by atoms with van der Waals surface area (Å²) in [5.41, 5.74) is 1.04. The van der Waals surface area contributed by atoms with Crippen molar-refractivity contribution in [1.29, 1.82) is 0 Å². The number of methoxy groups -OCH3 is 1. The zero-order valence-electron chi connectivity index (χ0n) is 13.5. The van der Waals surface area contributed by atoms with Crippen LogP contribution in [0.15, 0.2) is 30.5 Å². The Morgan fingerprint density at radius 1 is 1.36 bits per heavy atom. The standard InChI is InChI=1S/C15H17N5O4S/c1-24-14(21)10-3-2-4-11(7-10)17-13-8-16-20-15(19-13)18-12-5-6-25(22,23)9-12/h2-4,7-8,12H,5-6,9H2,1H3,(H2,17,18,19,20). The lowest BCUT2D eigenvalue weighted by Gasteiger charge is -2.11. The van der Waals surface area contributed by atoms with Crippen molar-refractivity contribution in [2.24, 2.45) is 0 Å². The normalized spacial score (nSPS) is 18.5. The van der Waals surface area contributed by atoms with Gasteiger partial charge in [-0.3, -0.25) is 0 Å². The highest BCUT2D eigenvalue weighted by Gasteiger charge is 2.28. The molecule has 2 aromatic rings. The van der Waals surface area contributed by atoms with Gasteiger partial charge in [-0.2, -0.15) is 10.1 Å². The Morgan fingerprint density at radius 3 is 2.92 bits per heavy atom. The van der Waals surface area contributed by atoms with Gasteiger partial charge in [-0.15, -0.1) is 5.10 Å². The lowest BCUT2D eigenvalue weighted by molar-refractivity contribution is 0.0601. The van der Waals surface area contributed by atoms with Gasteiger partial charge in [0.15, 0.2) is 15.7 Å². The smallest absolute Gasteiger partial charge is 0.337 e. The first kappa shape index (κ1) is 17.1. The zero-order valence-corrected chi connectivity index (χ0v) is 14.3. The number of nitrogens with zero attached hydrogens (tertiary/aromatic N) is 3. The Morgan fingerprint density at radius 2 is 2.20 bits per heavy atom. The molecule has 25 heavy (non-hydrogen) atoms. The Bertz CT molecular complexity index is 887. The van der Waals surface area contributed by atoms with E-state index in [4.69, 9.17) is 0 Å². The first-order valence-electron chi connectivity index (χ1n) is 7.57. The molecule has 132 valence electrons. The molecule has 9 nitrogen and oxygen atoms in total. The van der Waals surface area contributed by atoms with E-state index in [0.717, 1.165) is 0 Å². The third-order valence-corrected chi connectivity index (χ3v) is 5.45. The van der Waals surface area contributed by atoms with Gasteiger partial charge in [0.25, 0.3) is 0 Å². The van der Waals surface area contributed by atoms with Crippen LogP contribution in [0.25, 0.3) is 0 Å². The zero-order chi connectivity index (χ0) is 17.9. The highest BCUT2D eigenvalue weighted by Crippen LogP contribution is 2.18. The molecular weight excluding hydrogens is 346 g/mol. The maximum atomic E-state index is 11.6. The summed E-state index contributed by atoms with van der Waals surface area (Å²) in [5.74, 6) is 0.455. The van der Waals surface area contributed by atoms with Crippen LogP contribution < -0.4 is 10.6 Å². The average Bonchev–Trinajstić information content (AvgIpc) is 2.93. The van der Waals surface area contributed by atoms with Crippen molar-refractivity contribution in [3.63, 3.8) is 0 Å². The van der Waals surface area contributed by atoms with Crippen molar-refractivity contribution in [3.05, 3.63) is 36.0 Å². The molecule has 1 aliphatic heterocycles. The molecule has 1 atom stereocenters. The van der Waals surface area contributed by atoms with Crippen LogP contribution in [-0.2, 0) is 14.6 Å². The van der Waals surface area contributed by atoms with Crippen LogP contribution in [-0.4, -0.2) is 54.2 Å². The number of hydrogen-bond acceptors (Lipinski definition) is 9. The molecule has 3 rings (SSSR count). The van der Waals surface area contributed by atoms with E-state index >= 15 is 0 Å². The molecule has 0 radical (unpaired) electrons. The predicted octanol–water partition coefficient (Wildman–Crippen LogP) is 1.00. The van der Waals surface area contributed by atoms with E-state index in [-0.39, 0.29) is 23.5 Å². The van der Waals surface area contributed by atoms with Gasteiger partial charge >= 0.3 is 5.97 Å². The Balaban J connectivity index is 1.71. The summed E-state index contributed by atoms with van der Waals surface area (Å²) >= 11 is 0. The molecule has 1 saturated heterocycles. The average molecular weight is 363 g/mol. The van der Waals surface area contributed by atoms with E-state index in [1.807, 2.05) is 0 Å². The second-order valence-electron chi connectivity index (χ2n) is 5.61. The summed E-state index contributed by atoms with van der Waals surface area (Å²) in [4.78, 5) is 15.8. The Kier molecular flexibility index (Phi) is 4.79. The minimum Gasteiger partial charge on any atom is -0.465 e. The number of sulfone groups is 1. The fraction of sp³-hybridized carbons (Fsp3) is 0.333. The Labute approximate surface area is 144 Å². The molecule has 1 aliphatic rings. The topological polar surface area (TPSA) is 123 Å². The SMILES string of the molecule is COC(=O)c1cccc(Nc2cnnc(NC3CCS(=O)(=O)C3)n2)c1. The third kappa shape index (κ3) is 4.41. The van der Waals surface area contributed by atoms with E-state index in [1.165, 1.54) is 13.3 Å². The molecule has 1 aromatic carbocycles. The summed E-state index contributed by atoms with van der Waals surface area (Å²) in [5, 5.41) is 13.7. The quantitative estimate of drug-likeness (QED) is 0.749. The summed E-state index contributed by atoms with van der Waals surface area (Å²) in [6.07, 6.45) is 1.95. The van der Waals surface area contributed by atoms with Crippen molar-refractivity contribution in [3.8, 4) is 0 Å². The fourth-order valence-electron chi connectivity index (χ4n) is 2.51. The van der Waals surface area contributed by atoms with Crippen LogP contribution in [0, 0.1) is 0 Å². The van der Waals surface area contributed by atoms with Gasteiger partial charge in [-0.25, -0.2) is 13.2 Å². The minimum atomic E-state index is -2.99. The van der Waals surface area contributed by atoms with Gasteiger partial charge in [-0.05, 0) is 24.6 Å². The summed E-state index contributed by atoms with van der Waals surface area (Å²) < 4.78 is 27.7. The molecule has 1 fully saturated rings. The third-order valence-electron chi connectivity index (χ3n) is 3.68. The molecule has 2 N–H and O–H groups in total. The van der Waals surface area contributed by atoms with E-state index < -0.39 is 15.8 Å². The highest BCUT2D eigenvalue weighted by molar-refractivity contribution is 7.91. The Hall–Kier alpha value is -2.75. The first-order chi connectivity index (χ1) is 11.9. The number of carbonyl (C=O) groups is 1. The van der Waals surface area contributed by atoms with Gasteiger partial charge in [-0.1, -0.05) is 6.07 Å². The number of ether oxygens (including phenoxy) is 1. The summed E-state index contributed by atoms with van der Waals surface area (Å²) in [6.45, 7) is 0. The van der Waals surface area contributed by atoms with Crippen LogP contribution in [0.1, 0.15) is 16.8 Å². The van der Waals surface area contributed by atoms with Gasteiger partial charge in [0, 0.05) is 11.7 Å².